The highest BCUT2D eigenvalue weighted by Gasteiger charge is 2.35. The molecule has 1 amide bonds. The topological polar surface area (TPSA) is 54.0 Å². The summed E-state index contributed by atoms with van der Waals surface area (Å²) in [4.78, 5) is 16.6. The molecule has 0 radical (unpaired) electrons. The minimum absolute atomic E-state index is 0.181. The molecule has 1 saturated carbocycles. The van der Waals surface area contributed by atoms with Crippen LogP contribution in [0, 0.1) is 5.41 Å². The first-order valence-corrected chi connectivity index (χ1v) is 8.16. The summed E-state index contributed by atoms with van der Waals surface area (Å²) in [6, 6.07) is 3.52. The number of halogens is 1. The molecule has 4 nitrogen and oxygen atoms in total. The Balaban J connectivity index is 2.00. The minimum atomic E-state index is -0.181. The monoisotopic (exact) mass is 309 g/mol. The Morgan fingerprint density at radius 2 is 2.14 bits per heavy atom. The first kappa shape index (κ1) is 16.1. The van der Waals surface area contributed by atoms with Gasteiger partial charge in [0.05, 0.1) is 5.02 Å². The van der Waals surface area contributed by atoms with Crippen molar-refractivity contribution in [2.24, 2.45) is 5.41 Å². The summed E-state index contributed by atoms with van der Waals surface area (Å²) in [5, 5.41) is 6.57. The molecule has 116 valence electrons. The molecule has 1 aromatic rings. The van der Waals surface area contributed by atoms with E-state index >= 15 is 0 Å². The van der Waals surface area contributed by atoms with Crippen LogP contribution in [0.4, 0.5) is 5.82 Å². The molecule has 0 unspecified atom stereocenters. The van der Waals surface area contributed by atoms with E-state index in [1.54, 1.807) is 12.1 Å². The SMILES string of the molecule is CCCNc1ccc(Cl)c(C(=O)NCC2(CC)CCC2)n1. The molecule has 1 fully saturated rings. The van der Waals surface area contributed by atoms with Crippen molar-refractivity contribution in [2.75, 3.05) is 18.4 Å². The number of rotatable bonds is 7. The quantitative estimate of drug-likeness (QED) is 0.804. The molecule has 0 bridgehead atoms. The molecule has 0 aromatic carbocycles. The van der Waals surface area contributed by atoms with Gasteiger partial charge in [0.25, 0.3) is 5.91 Å². The number of nitrogens with one attached hydrogen (secondary N) is 2. The van der Waals surface area contributed by atoms with E-state index in [2.05, 4.69) is 29.5 Å². The van der Waals surface area contributed by atoms with Crippen LogP contribution in [0.1, 0.15) is 56.4 Å². The number of aromatic nitrogens is 1. The van der Waals surface area contributed by atoms with Gasteiger partial charge in [-0.05, 0) is 43.2 Å². The molecule has 1 aliphatic rings. The summed E-state index contributed by atoms with van der Waals surface area (Å²) >= 11 is 6.11. The fourth-order valence-corrected chi connectivity index (χ4v) is 2.83. The third-order valence-corrected chi connectivity index (χ3v) is 4.71. The highest BCUT2D eigenvalue weighted by Crippen LogP contribution is 2.43. The van der Waals surface area contributed by atoms with Gasteiger partial charge in [-0.25, -0.2) is 4.98 Å². The maximum absolute atomic E-state index is 12.3. The van der Waals surface area contributed by atoms with Crippen LogP contribution < -0.4 is 10.6 Å². The number of carbonyl (C=O) groups is 1. The number of hydrogen-bond acceptors (Lipinski definition) is 3. The Morgan fingerprint density at radius 1 is 1.38 bits per heavy atom. The van der Waals surface area contributed by atoms with E-state index in [1.807, 2.05) is 0 Å². The maximum Gasteiger partial charge on any atom is 0.271 e. The lowest BCUT2D eigenvalue weighted by atomic mass is 9.67. The average molecular weight is 310 g/mol. The fourth-order valence-electron chi connectivity index (χ4n) is 2.64. The van der Waals surface area contributed by atoms with Crippen molar-refractivity contribution in [3.8, 4) is 0 Å². The van der Waals surface area contributed by atoms with Crippen LogP contribution in [0.2, 0.25) is 5.02 Å². The van der Waals surface area contributed by atoms with Gasteiger partial charge in [-0.3, -0.25) is 4.79 Å². The van der Waals surface area contributed by atoms with Crippen molar-refractivity contribution in [2.45, 2.75) is 46.0 Å². The van der Waals surface area contributed by atoms with E-state index in [0.717, 1.165) is 19.4 Å². The molecule has 2 N–H and O–H groups in total. The van der Waals surface area contributed by atoms with Crippen LogP contribution in [-0.4, -0.2) is 24.0 Å². The van der Waals surface area contributed by atoms with Gasteiger partial charge < -0.3 is 10.6 Å². The second-order valence-corrected chi connectivity index (χ2v) is 6.25. The highest BCUT2D eigenvalue weighted by atomic mass is 35.5. The molecule has 1 aromatic heterocycles. The van der Waals surface area contributed by atoms with Gasteiger partial charge in [-0.2, -0.15) is 0 Å². The predicted octanol–water partition coefficient (Wildman–Crippen LogP) is 3.87. The fraction of sp³-hybridized carbons (Fsp3) is 0.625. The van der Waals surface area contributed by atoms with E-state index in [9.17, 15) is 4.79 Å². The van der Waals surface area contributed by atoms with Gasteiger partial charge in [0.1, 0.15) is 11.5 Å². The van der Waals surface area contributed by atoms with Crippen molar-refractivity contribution in [3.63, 3.8) is 0 Å². The van der Waals surface area contributed by atoms with E-state index in [-0.39, 0.29) is 5.91 Å². The van der Waals surface area contributed by atoms with Crippen molar-refractivity contribution >= 4 is 23.3 Å². The number of carbonyl (C=O) groups excluding carboxylic acids is 1. The van der Waals surface area contributed by atoms with Crippen LogP contribution in [0.25, 0.3) is 0 Å². The minimum Gasteiger partial charge on any atom is -0.370 e. The van der Waals surface area contributed by atoms with Crippen LogP contribution >= 0.6 is 11.6 Å². The van der Waals surface area contributed by atoms with Gasteiger partial charge in [-0.15, -0.1) is 0 Å². The van der Waals surface area contributed by atoms with E-state index in [1.165, 1.54) is 19.3 Å². The summed E-state index contributed by atoms with van der Waals surface area (Å²) in [6.07, 6.45) is 5.77. The van der Waals surface area contributed by atoms with Gasteiger partial charge in [0, 0.05) is 13.1 Å². The zero-order chi connectivity index (χ0) is 15.3. The summed E-state index contributed by atoms with van der Waals surface area (Å²) in [5.41, 5.74) is 0.601. The van der Waals surface area contributed by atoms with Gasteiger partial charge in [0.2, 0.25) is 0 Å². The molecule has 0 saturated heterocycles. The maximum atomic E-state index is 12.3. The smallest absolute Gasteiger partial charge is 0.271 e. The average Bonchev–Trinajstić information content (AvgIpc) is 2.45. The van der Waals surface area contributed by atoms with Crippen LogP contribution in [0.15, 0.2) is 12.1 Å². The summed E-state index contributed by atoms with van der Waals surface area (Å²) in [6.45, 7) is 5.81. The van der Waals surface area contributed by atoms with Crippen molar-refractivity contribution in [1.29, 1.82) is 0 Å². The molecule has 2 rings (SSSR count). The molecular formula is C16H24ClN3O. The first-order valence-electron chi connectivity index (χ1n) is 7.79. The highest BCUT2D eigenvalue weighted by molar-refractivity contribution is 6.33. The zero-order valence-corrected chi connectivity index (χ0v) is 13.6. The molecule has 1 heterocycles. The second kappa shape index (κ2) is 7.12. The number of pyridine rings is 1. The first-order chi connectivity index (χ1) is 10.1. The van der Waals surface area contributed by atoms with Crippen LogP contribution in [0.5, 0.6) is 0 Å². The molecule has 5 heteroatoms. The van der Waals surface area contributed by atoms with Gasteiger partial charge in [0.15, 0.2) is 0 Å². The molecule has 21 heavy (non-hydrogen) atoms. The van der Waals surface area contributed by atoms with Crippen LogP contribution in [0.3, 0.4) is 0 Å². The van der Waals surface area contributed by atoms with E-state index in [0.29, 0.717) is 28.5 Å². The molecule has 1 aliphatic carbocycles. The standard InChI is InChI=1S/C16H24ClN3O/c1-3-10-18-13-7-6-12(17)14(20-13)15(21)19-11-16(4-2)8-5-9-16/h6-7H,3-5,8-11H2,1-2H3,(H,18,20)(H,19,21). The Labute approximate surface area is 131 Å². The summed E-state index contributed by atoms with van der Waals surface area (Å²) in [5.74, 6) is 0.514. The number of nitrogens with zero attached hydrogens (tertiary/aromatic N) is 1. The summed E-state index contributed by atoms with van der Waals surface area (Å²) < 4.78 is 0. The zero-order valence-electron chi connectivity index (χ0n) is 12.8. The third-order valence-electron chi connectivity index (χ3n) is 4.41. The van der Waals surface area contributed by atoms with E-state index in [4.69, 9.17) is 11.6 Å². The van der Waals surface area contributed by atoms with E-state index < -0.39 is 0 Å². The van der Waals surface area contributed by atoms with Gasteiger partial charge >= 0.3 is 0 Å². The number of hydrogen-bond donors (Lipinski definition) is 2. The molecule has 0 aliphatic heterocycles. The Morgan fingerprint density at radius 3 is 2.71 bits per heavy atom. The van der Waals surface area contributed by atoms with Crippen LogP contribution in [-0.2, 0) is 0 Å². The lowest BCUT2D eigenvalue weighted by Crippen LogP contribution is -2.42. The second-order valence-electron chi connectivity index (χ2n) is 5.84. The lowest BCUT2D eigenvalue weighted by Gasteiger charge is -2.41. The van der Waals surface area contributed by atoms with Crippen molar-refractivity contribution < 1.29 is 4.79 Å². The Bertz CT molecular complexity index is 495. The number of amides is 1. The third kappa shape index (κ3) is 3.88. The van der Waals surface area contributed by atoms with Crippen molar-refractivity contribution in [1.82, 2.24) is 10.3 Å². The largest absolute Gasteiger partial charge is 0.370 e. The lowest BCUT2D eigenvalue weighted by molar-refractivity contribution is 0.0846. The Kier molecular flexibility index (Phi) is 5.45. The molecular weight excluding hydrogens is 286 g/mol. The summed E-state index contributed by atoms with van der Waals surface area (Å²) in [7, 11) is 0. The Hall–Kier alpha value is -1.29. The predicted molar refractivity (Wildman–Crippen MR) is 86.9 cm³/mol. The van der Waals surface area contributed by atoms with Crippen molar-refractivity contribution in [3.05, 3.63) is 22.8 Å². The number of anilines is 1. The molecule has 0 spiro atoms. The molecule has 0 atom stereocenters. The normalized spacial score (nSPS) is 16.1. The van der Waals surface area contributed by atoms with Gasteiger partial charge in [-0.1, -0.05) is 31.9 Å².